The predicted octanol–water partition coefficient (Wildman–Crippen LogP) is 4.99. The summed E-state index contributed by atoms with van der Waals surface area (Å²) in [4.78, 5) is 4.83. The number of nitrogens with zero attached hydrogens (tertiary/aromatic N) is 4. The third kappa shape index (κ3) is 4.19. The second kappa shape index (κ2) is 8.67. The standard InChI is InChI=1S/C24H22N6O2S/c1-2-6-16(15(5-1)13-22-27-29-30-28-22)14-31-18-8-9-20-17(11-18)12-21(32-20)24-26-19-7-3-4-10-25-23(19)33-24/h1-2,5-6,8-9,11-12,25H,3-4,7,10,13-14H2,(H,27,28,29,30). The van der Waals surface area contributed by atoms with Gasteiger partial charge in [-0.2, -0.15) is 5.21 Å². The van der Waals surface area contributed by atoms with Gasteiger partial charge in [0.25, 0.3) is 0 Å². The minimum absolute atomic E-state index is 0.453. The minimum atomic E-state index is 0.453. The van der Waals surface area contributed by atoms with Gasteiger partial charge in [0.1, 0.15) is 22.9 Å². The molecule has 0 atom stereocenters. The first-order valence-corrected chi connectivity index (χ1v) is 11.8. The predicted molar refractivity (Wildman–Crippen MR) is 127 cm³/mol. The number of aromatic nitrogens is 5. The molecule has 0 fully saturated rings. The van der Waals surface area contributed by atoms with Crippen molar-refractivity contribution in [3.05, 3.63) is 71.2 Å². The van der Waals surface area contributed by atoms with E-state index in [-0.39, 0.29) is 0 Å². The van der Waals surface area contributed by atoms with Crippen LogP contribution in [0.25, 0.3) is 21.7 Å². The monoisotopic (exact) mass is 458 g/mol. The maximum absolute atomic E-state index is 6.13. The van der Waals surface area contributed by atoms with E-state index in [1.54, 1.807) is 11.3 Å². The van der Waals surface area contributed by atoms with Crippen LogP contribution in [0.5, 0.6) is 5.75 Å². The average Bonchev–Trinajstić information content (AvgIpc) is 3.56. The molecule has 8 nitrogen and oxygen atoms in total. The molecule has 4 heterocycles. The second-order valence-corrected chi connectivity index (χ2v) is 9.05. The number of fused-ring (bicyclic) bond motifs is 2. The van der Waals surface area contributed by atoms with Crippen LogP contribution >= 0.6 is 11.3 Å². The number of furan rings is 1. The lowest BCUT2D eigenvalue weighted by Crippen LogP contribution is -2.02. The van der Waals surface area contributed by atoms with Gasteiger partial charge in [0.15, 0.2) is 16.6 Å². The minimum Gasteiger partial charge on any atom is -0.489 e. The zero-order valence-corrected chi connectivity index (χ0v) is 18.7. The van der Waals surface area contributed by atoms with Crippen molar-refractivity contribution in [2.24, 2.45) is 0 Å². The number of nitrogens with one attached hydrogen (secondary N) is 2. The van der Waals surface area contributed by atoms with Gasteiger partial charge >= 0.3 is 0 Å². The highest BCUT2D eigenvalue weighted by molar-refractivity contribution is 7.19. The lowest BCUT2D eigenvalue weighted by Gasteiger charge is -2.10. The van der Waals surface area contributed by atoms with Crippen LogP contribution in [0.3, 0.4) is 0 Å². The first kappa shape index (κ1) is 19.9. The van der Waals surface area contributed by atoms with Gasteiger partial charge in [0, 0.05) is 18.4 Å². The van der Waals surface area contributed by atoms with Gasteiger partial charge in [0.05, 0.1) is 5.69 Å². The van der Waals surface area contributed by atoms with Gasteiger partial charge in [-0.1, -0.05) is 40.8 Å². The molecule has 0 saturated heterocycles. The molecule has 0 amide bonds. The molecule has 0 aliphatic carbocycles. The van der Waals surface area contributed by atoms with Gasteiger partial charge < -0.3 is 14.5 Å². The van der Waals surface area contributed by atoms with Crippen LogP contribution in [0.2, 0.25) is 0 Å². The number of benzene rings is 2. The number of thiazole rings is 1. The number of ether oxygens (including phenoxy) is 1. The Morgan fingerprint density at radius 2 is 2.00 bits per heavy atom. The van der Waals surface area contributed by atoms with E-state index in [1.165, 1.54) is 17.8 Å². The molecule has 1 aliphatic heterocycles. The number of hydrogen-bond donors (Lipinski definition) is 2. The molecule has 33 heavy (non-hydrogen) atoms. The maximum Gasteiger partial charge on any atom is 0.178 e. The maximum atomic E-state index is 6.13. The van der Waals surface area contributed by atoms with E-state index >= 15 is 0 Å². The van der Waals surface area contributed by atoms with E-state index in [4.69, 9.17) is 14.1 Å². The average molecular weight is 459 g/mol. The summed E-state index contributed by atoms with van der Waals surface area (Å²) in [5, 5.41) is 20.8. The zero-order chi connectivity index (χ0) is 22.0. The van der Waals surface area contributed by atoms with Crippen LogP contribution in [0.1, 0.15) is 35.5 Å². The Labute approximate surface area is 194 Å². The van der Waals surface area contributed by atoms with E-state index in [0.29, 0.717) is 18.9 Å². The fraction of sp³-hybridized carbons (Fsp3) is 0.250. The van der Waals surface area contributed by atoms with Crippen molar-refractivity contribution in [1.82, 2.24) is 25.6 Å². The lowest BCUT2D eigenvalue weighted by atomic mass is 10.1. The highest BCUT2D eigenvalue weighted by Gasteiger charge is 2.17. The summed E-state index contributed by atoms with van der Waals surface area (Å²) in [7, 11) is 0. The number of hydrogen-bond acceptors (Lipinski definition) is 8. The van der Waals surface area contributed by atoms with Crippen LogP contribution in [-0.2, 0) is 19.4 Å². The van der Waals surface area contributed by atoms with E-state index in [9.17, 15) is 0 Å². The topological polar surface area (TPSA) is 102 Å². The van der Waals surface area contributed by atoms with Crippen LogP contribution in [0.4, 0.5) is 5.00 Å². The molecule has 1 aliphatic rings. The van der Waals surface area contributed by atoms with Crippen molar-refractivity contribution in [3.8, 4) is 16.5 Å². The fourth-order valence-corrected chi connectivity index (χ4v) is 5.05. The molecule has 3 aromatic heterocycles. The highest BCUT2D eigenvalue weighted by Crippen LogP contribution is 2.37. The van der Waals surface area contributed by atoms with Gasteiger partial charge in [-0.15, -0.1) is 10.2 Å². The van der Waals surface area contributed by atoms with Gasteiger partial charge in [-0.3, -0.25) is 0 Å². The van der Waals surface area contributed by atoms with E-state index < -0.39 is 0 Å². The molecule has 6 rings (SSSR count). The molecule has 0 unspecified atom stereocenters. The van der Waals surface area contributed by atoms with Gasteiger partial charge in [-0.05, 0) is 54.7 Å². The molecule has 5 aromatic rings. The molecule has 2 aromatic carbocycles. The molecular weight excluding hydrogens is 436 g/mol. The van der Waals surface area contributed by atoms with Crippen molar-refractivity contribution in [2.75, 3.05) is 11.9 Å². The van der Waals surface area contributed by atoms with Crippen molar-refractivity contribution in [3.63, 3.8) is 0 Å². The third-order valence-electron chi connectivity index (χ3n) is 5.77. The summed E-state index contributed by atoms with van der Waals surface area (Å²) in [6.07, 6.45) is 3.98. The lowest BCUT2D eigenvalue weighted by molar-refractivity contribution is 0.305. The van der Waals surface area contributed by atoms with Crippen LogP contribution in [0.15, 0.2) is 52.9 Å². The molecular formula is C24H22N6O2S. The van der Waals surface area contributed by atoms with Crippen LogP contribution in [-0.4, -0.2) is 32.2 Å². The zero-order valence-electron chi connectivity index (χ0n) is 17.9. The highest BCUT2D eigenvalue weighted by atomic mass is 32.1. The first-order valence-electron chi connectivity index (χ1n) is 11.0. The summed E-state index contributed by atoms with van der Waals surface area (Å²) in [5.74, 6) is 2.25. The summed E-state index contributed by atoms with van der Waals surface area (Å²) >= 11 is 1.67. The van der Waals surface area contributed by atoms with Gasteiger partial charge in [-0.25, -0.2) is 4.98 Å². The van der Waals surface area contributed by atoms with Crippen molar-refractivity contribution in [1.29, 1.82) is 0 Å². The molecule has 2 N–H and O–H groups in total. The molecule has 0 saturated carbocycles. The van der Waals surface area contributed by atoms with Crippen LogP contribution < -0.4 is 10.1 Å². The normalized spacial score (nSPS) is 13.5. The molecule has 0 bridgehead atoms. The summed E-state index contributed by atoms with van der Waals surface area (Å²) in [6, 6.07) is 16.1. The Balaban J connectivity index is 1.20. The summed E-state index contributed by atoms with van der Waals surface area (Å²) in [6.45, 7) is 1.46. The SMILES string of the molecule is c1ccc(Cc2nn[nH]n2)c(COc2ccc3oc(-c4nc5c(s4)NCCCC5)cc3c2)c1. The Hall–Kier alpha value is -3.72. The molecule has 9 heteroatoms. The molecule has 0 radical (unpaired) electrons. The first-order chi connectivity index (χ1) is 16.3. The second-order valence-electron chi connectivity index (χ2n) is 8.05. The Morgan fingerprint density at radius 3 is 2.91 bits per heavy atom. The number of anilines is 1. The van der Waals surface area contributed by atoms with E-state index in [2.05, 4.69) is 38.1 Å². The Morgan fingerprint density at radius 1 is 1.06 bits per heavy atom. The number of rotatable bonds is 6. The van der Waals surface area contributed by atoms with E-state index in [1.807, 2.05) is 36.4 Å². The smallest absolute Gasteiger partial charge is 0.178 e. The quantitative estimate of drug-likeness (QED) is 0.370. The Bertz CT molecular complexity index is 1370. The van der Waals surface area contributed by atoms with Gasteiger partial charge in [0.2, 0.25) is 0 Å². The third-order valence-corrected chi connectivity index (χ3v) is 6.84. The van der Waals surface area contributed by atoms with Crippen molar-refractivity contribution < 1.29 is 9.15 Å². The Kier molecular flexibility index (Phi) is 5.23. The molecule has 166 valence electrons. The largest absolute Gasteiger partial charge is 0.489 e. The van der Waals surface area contributed by atoms with Crippen LogP contribution in [0, 0.1) is 0 Å². The van der Waals surface area contributed by atoms with Crippen molar-refractivity contribution >= 4 is 27.3 Å². The summed E-state index contributed by atoms with van der Waals surface area (Å²) < 4.78 is 12.2. The van der Waals surface area contributed by atoms with E-state index in [0.717, 1.165) is 57.3 Å². The fourth-order valence-electron chi connectivity index (χ4n) is 4.06. The number of aromatic amines is 1. The number of aryl methyl sites for hydroxylation is 1. The molecule has 0 spiro atoms. The summed E-state index contributed by atoms with van der Waals surface area (Å²) in [5.41, 5.74) is 4.18. The number of H-pyrrole nitrogens is 1. The van der Waals surface area contributed by atoms with Crippen molar-refractivity contribution in [2.45, 2.75) is 32.3 Å². The number of tetrazole rings is 1.